The molecule has 0 radical (unpaired) electrons. The van der Waals surface area contributed by atoms with Crippen LogP contribution in [0.1, 0.15) is 38.5 Å². The molecule has 1 heterocycles. The van der Waals surface area contributed by atoms with E-state index in [2.05, 4.69) is 4.72 Å². The molecule has 1 saturated heterocycles. The molecule has 2 aliphatic carbocycles. The molecule has 23 heavy (non-hydrogen) atoms. The summed E-state index contributed by atoms with van der Waals surface area (Å²) in [5, 5.41) is 0. The van der Waals surface area contributed by atoms with Gasteiger partial charge in [0.2, 0.25) is 5.91 Å². The standard InChI is InChI=1S/C15H24N2O5S/c1-22-15(19)11-4-6-17(7-5-11)23(20,21)16-14(18)13-9-10-2-3-12(13)8-10/h10-13H,2-9H2,1H3,(H,16,18)/t10-,12-,13-/m0/s1. The van der Waals surface area contributed by atoms with E-state index < -0.39 is 10.2 Å². The van der Waals surface area contributed by atoms with Crippen molar-refractivity contribution >= 4 is 22.1 Å². The molecule has 0 spiro atoms. The third kappa shape index (κ3) is 3.38. The van der Waals surface area contributed by atoms with Crippen LogP contribution >= 0.6 is 0 Å². The average Bonchev–Trinajstić information content (AvgIpc) is 3.17. The van der Waals surface area contributed by atoms with E-state index in [0.717, 1.165) is 19.3 Å². The first-order chi connectivity index (χ1) is 10.9. The number of ether oxygens (including phenoxy) is 1. The summed E-state index contributed by atoms with van der Waals surface area (Å²) in [5.41, 5.74) is 0. The highest BCUT2D eigenvalue weighted by atomic mass is 32.2. The lowest BCUT2D eigenvalue weighted by molar-refractivity contribution is -0.146. The molecule has 1 aliphatic heterocycles. The number of esters is 1. The monoisotopic (exact) mass is 344 g/mol. The topological polar surface area (TPSA) is 92.8 Å². The summed E-state index contributed by atoms with van der Waals surface area (Å²) in [4.78, 5) is 23.8. The summed E-state index contributed by atoms with van der Waals surface area (Å²) < 4.78 is 33.0. The van der Waals surface area contributed by atoms with Gasteiger partial charge in [-0.05, 0) is 43.9 Å². The summed E-state index contributed by atoms with van der Waals surface area (Å²) >= 11 is 0. The van der Waals surface area contributed by atoms with Gasteiger partial charge >= 0.3 is 16.2 Å². The van der Waals surface area contributed by atoms with Gasteiger partial charge in [0, 0.05) is 19.0 Å². The number of hydrogen-bond acceptors (Lipinski definition) is 5. The second-order valence-corrected chi connectivity index (χ2v) is 8.62. The number of hydrogen-bond donors (Lipinski definition) is 1. The van der Waals surface area contributed by atoms with Gasteiger partial charge in [-0.2, -0.15) is 12.7 Å². The predicted molar refractivity (Wildman–Crippen MR) is 82.3 cm³/mol. The quantitative estimate of drug-likeness (QED) is 0.757. The third-order valence-corrected chi connectivity index (χ3v) is 7.14. The highest BCUT2D eigenvalue weighted by Gasteiger charge is 2.44. The predicted octanol–water partition coefficient (Wildman–Crippen LogP) is 0.669. The van der Waals surface area contributed by atoms with Crippen molar-refractivity contribution in [3.8, 4) is 0 Å². The van der Waals surface area contributed by atoms with Crippen LogP contribution in [0.5, 0.6) is 0 Å². The van der Waals surface area contributed by atoms with E-state index in [0.29, 0.717) is 24.7 Å². The average molecular weight is 344 g/mol. The molecule has 0 aromatic carbocycles. The van der Waals surface area contributed by atoms with Crippen molar-refractivity contribution in [1.29, 1.82) is 0 Å². The highest BCUT2D eigenvalue weighted by molar-refractivity contribution is 7.87. The SMILES string of the molecule is COC(=O)C1CCN(S(=O)(=O)NC(=O)[C@H]2C[C@H]3CC[C@H]2C3)CC1. The van der Waals surface area contributed by atoms with Gasteiger partial charge in [-0.25, -0.2) is 4.72 Å². The van der Waals surface area contributed by atoms with Crippen molar-refractivity contribution in [2.24, 2.45) is 23.7 Å². The molecule has 3 aliphatic rings. The smallest absolute Gasteiger partial charge is 0.308 e. The maximum atomic E-state index is 12.4. The summed E-state index contributed by atoms with van der Waals surface area (Å²) in [5.74, 6) is -0.126. The zero-order chi connectivity index (χ0) is 16.6. The molecular weight excluding hydrogens is 320 g/mol. The lowest BCUT2D eigenvalue weighted by Gasteiger charge is -2.30. The number of amides is 1. The van der Waals surface area contributed by atoms with E-state index in [9.17, 15) is 18.0 Å². The number of rotatable bonds is 4. The third-order valence-electron chi connectivity index (χ3n) is 5.63. The molecular formula is C15H24N2O5S. The Hall–Kier alpha value is -1.15. The zero-order valence-electron chi connectivity index (χ0n) is 13.4. The fourth-order valence-electron chi connectivity index (χ4n) is 4.33. The van der Waals surface area contributed by atoms with Crippen molar-refractivity contribution in [2.75, 3.05) is 20.2 Å². The highest BCUT2D eigenvalue weighted by Crippen LogP contribution is 2.48. The first-order valence-corrected chi connectivity index (χ1v) is 9.74. The van der Waals surface area contributed by atoms with Crippen molar-refractivity contribution in [2.45, 2.75) is 38.5 Å². The van der Waals surface area contributed by atoms with Gasteiger partial charge < -0.3 is 4.74 Å². The van der Waals surface area contributed by atoms with Crippen LogP contribution < -0.4 is 4.72 Å². The maximum Gasteiger partial charge on any atom is 0.308 e. The zero-order valence-corrected chi connectivity index (χ0v) is 14.2. The molecule has 3 rings (SSSR count). The molecule has 3 fully saturated rings. The number of nitrogens with zero attached hydrogens (tertiary/aromatic N) is 1. The lowest BCUT2D eigenvalue weighted by atomic mass is 9.88. The summed E-state index contributed by atoms with van der Waals surface area (Å²) in [6.45, 7) is 0.470. The van der Waals surface area contributed by atoms with Crippen molar-refractivity contribution in [3.05, 3.63) is 0 Å². The number of fused-ring (bicyclic) bond motifs is 2. The Morgan fingerprint density at radius 1 is 1.09 bits per heavy atom. The van der Waals surface area contributed by atoms with Gasteiger partial charge in [0.1, 0.15) is 0 Å². The van der Waals surface area contributed by atoms with Crippen LogP contribution in [0.15, 0.2) is 0 Å². The van der Waals surface area contributed by atoms with Crippen LogP contribution in [0.2, 0.25) is 0 Å². The molecule has 1 N–H and O–H groups in total. The number of methoxy groups -OCH3 is 1. The fourth-order valence-corrected chi connectivity index (χ4v) is 5.56. The molecule has 130 valence electrons. The van der Waals surface area contributed by atoms with Gasteiger partial charge in [-0.1, -0.05) is 6.42 Å². The van der Waals surface area contributed by atoms with Gasteiger partial charge in [0.15, 0.2) is 0 Å². The Kier molecular flexibility index (Phi) is 4.64. The van der Waals surface area contributed by atoms with E-state index in [1.54, 1.807) is 0 Å². The minimum Gasteiger partial charge on any atom is -0.469 e. The van der Waals surface area contributed by atoms with E-state index in [-0.39, 0.29) is 36.8 Å². The van der Waals surface area contributed by atoms with Crippen LogP contribution in [0.25, 0.3) is 0 Å². The lowest BCUT2D eigenvalue weighted by Crippen LogP contribution is -2.49. The number of piperidine rings is 1. The van der Waals surface area contributed by atoms with Gasteiger partial charge in [0.05, 0.1) is 13.0 Å². The molecule has 3 atom stereocenters. The number of nitrogens with one attached hydrogen (secondary N) is 1. The summed E-state index contributed by atoms with van der Waals surface area (Å²) in [6, 6.07) is 0. The molecule has 0 unspecified atom stereocenters. The maximum absolute atomic E-state index is 12.4. The fraction of sp³-hybridized carbons (Fsp3) is 0.867. The minimum absolute atomic E-state index is 0.156. The number of carbonyl (C=O) groups is 2. The summed E-state index contributed by atoms with van der Waals surface area (Å²) in [7, 11) is -2.48. The Morgan fingerprint density at radius 3 is 2.30 bits per heavy atom. The van der Waals surface area contributed by atoms with E-state index in [1.165, 1.54) is 17.8 Å². The first-order valence-electron chi connectivity index (χ1n) is 8.30. The normalized spacial score (nSPS) is 32.0. The minimum atomic E-state index is -3.81. The second-order valence-electron chi connectivity index (χ2n) is 6.95. The Morgan fingerprint density at radius 2 is 1.78 bits per heavy atom. The van der Waals surface area contributed by atoms with E-state index in [1.807, 2.05) is 0 Å². The van der Waals surface area contributed by atoms with Gasteiger partial charge in [-0.15, -0.1) is 0 Å². The molecule has 1 amide bonds. The van der Waals surface area contributed by atoms with Gasteiger partial charge in [-0.3, -0.25) is 9.59 Å². The Bertz CT molecular complexity index is 583. The number of carbonyl (C=O) groups excluding carboxylic acids is 2. The van der Waals surface area contributed by atoms with Crippen LogP contribution in [0.3, 0.4) is 0 Å². The molecule has 0 aromatic heterocycles. The summed E-state index contributed by atoms with van der Waals surface area (Å²) in [6.07, 6.45) is 4.93. The first kappa shape index (κ1) is 16.7. The van der Waals surface area contributed by atoms with Crippen molar-refractivity contribution < 1.29 is 22.7 Å². The molecule has 8 heteroatoms. The van der Waals surface area contributed by atoms with Crippen LogP contribution in [0.4, 0.5) is 0 Å². The Labute approximate surface area is 136 Å². The molecule has 2 bridgehead atoms. The van der Waals surface area contributed by atoms with E-state index in [4.69, 9.17) is 4.74 Å². The van der Waals surface area contributed by atoms with E-state index >= 15 is 0 Å². The van der Waals surface area contributed by atoms with Crippen molar-refractivity contribution in [1.82, 2.24) is 9.03 Å². The molecule has 2 saturated carbocycles. The largest absolute Gasteiger partial charge is 0.469 e. The van der Waals surface area contributed by atoms with Crippen LogP contribution in [-0.4, -0.2) is 44.8 Å². The van der Waals surface area contributed by atoms with Crippen molar-refractivity contribution in [3.63, 3.8) is 0 Å². The second kappa shape index (κ2) is 6.39. The molecule has 7 nitrogen and oxygen atoms in total. The van der Waals surface area contributed by atoms with Crippen LogP contribution in [-0.2, 0) is 24.5 Å². The van der Waals surface area contributed by atoms with Gasteiger partial charge in [0.25, 0.3) is 0 Å². The van der Waals surface area contributed by atoms with Crippen LogP contribution in [0, 0.1) is 23.7 Å². The molecule has 0 aromatic rings. The Balaban J connectivity index is 1.55.